The van der Waals surface area contributed by atoms with E-state index in [4.69, 9.17) is 4.74 Å². The van der Waals surface area contributed by atoms with Crippen molar-refractivity contribution in [3.8, 4) is 5.75 Å². The summed E-state index contributed by atoms with van der Waals surface area (Å²) in [5.74, 6) is 0.444. The molecule has 2 aromatic carbocycles. The highest BCUT2D eigenvalue weighted by molar-refractivity contribution is 8.05. The van der Waals surface area contributed by atoms with E-state index in [2.05, 4.69) is 5.32 Å². The summed E-state index contributed by atoms with van der Waals surface area (Å²) in [5.41, 5.74) is 2.27. The van der Waals surface area contributed by atoms with Gasteiger partial charge in [0.25, 0.3) is 0 Å². The van der Waals surface area contributed by atoms with Crippen LogP contribution in [-0.4, -0.2) is 18.9 Å². The number of thioether (sulfide) groups is 1. The van der Waals surface area contributed by atoms with Crippen LogP contribution in [0.2, 0.25) is 0 Å². The maximum atomic E-state index is 12.9. The minimum Gasteiger partial charge on any atom is -0.496 e. The van der Waals surface area contributed by atoms with Crippen LogP contribution in [0.5, 0.6) is 5.75 Å². The van der Waals surface area contributed by atoms with Crippen LogP contribution in [0.4, 0.5) is 5.69 Å². The number of benzene rings is 2. The highest BCUT2D eigenvalue weighted by atomic mass is 32.2. The number of ether oxygens (including phenoxy) is 1. The number of nitrogens with one attached hydrogen (secondary N) is 1. The second-order valence-corrected chi connectivity index (χ2v) is 8.22. The lowest BCUT2D eigenvalue weighted by molar-refractivity contribution is -0.607. The number of hydrogen-bond donors (Lipinski definition) is 1. The Kier molecular flexibility index (Phi) is 5.27. The number of amides is 1. The lowest BCUT2D eigenvalue weighted by Crippen LogP contribution is -2.43. The quantitative estimate of drug-likeness (QED) is 0.511. The molecule has 1 N–H and O–H groups in total. The van der Waals surface area contributed by atoms with Gasteiger partial charge in [0, 0.05) is 23.0 Å². The van der Waals surface area contributed by atoms with Crippen LogP contribution in [0.25, 0.3) is 6.08 Å². The van der Waals surface area contributed by atoms with Gasteiger partial charge in [0.15, 0.2) is 0 Å². The number of anilines is 1. The normalized spacial score (nSPS) is 14.2. The highest BCUT2D eigenvalue weighted by Crippen LogP contribution is 2.36. The van der Waals surface area contributed by atoms with E-state index in [0.29, 0.717) is 16.3 Å². The van der Waals surface area contributed by atoms with E-state index in [1.807, 2.05) is 66.1 Å². The first-order chi connectivity index (χ1) is 13.7. The number of thiazole rings is 1. The van der Waals surface area contributed by atoms with Gasteiger partial charge in [0.2, 0.25) is 11.6 Å². The summed E-state index contributed by atoms with van der Waals surface area (Å²) in [6.07, 6.45) is 1.97. The molecule has 5 nitrogen and oxygen atoms in total. The third-order valence-corrected chi connectivity index (χ3v) is 6.38. The average Bonchev–Trinajstić information content (AvgIpc) is 3.23. The molecule has 0 spiro atoms. The van der Waals surface area contributed by atoms with Crippen molar-refractivity contribution < 1.29 is 18.9 Å². The molecule has 0 unspecified atom stereocenters. The maximum Gasteiger partial charge on any atom is 0.433 e. The Hall–Kier alpha value is -2.90. The number of methoxy groups -OCH3 is 1. The number of nitrogens with zero attached hydrogens (tertiary/aromatic N) is 1. The van der Waals surface area contributed by atoms with Crippen LogP contribution >= 0.6 is 23.1 Å². The molecular weight excluding hydrogens is 392 g/mol. The number of fused-ring (bicyclic) bond motifs is 1. The van der Waals surface area contributed by atoms with E-state index in [9.17, 15) is 9.59 Å². The molecule has 7 heteroatoms. The summed E-state index contributed by atoms with van der Waals surface area (Å²) in [7, 11) is 1.61. The van der Waals surface area contributed by atoms with Crippen molar-refractivity contribution >= 4 is 46.7 Å². The van der Waals surface area contributed by atoms with Crippen molar-refractivity contribution in [2.24, 2.45) is 0 Å². The number of hydrogen-bond acceptors (Lipinski definition) is 5. The van der Waals surface area contributed by atoms with Gasteiger partial charge in [-0.15, -0.1) is 4.57 Å². The summed E-state index contributed by atoms with van der Waals surface area (Å²) in [5, 5.41) is 4.72. The molecular formula is C21H17N2O3S2+. The number of carbonyl (C=O) groups excluding carboxylic acids is 2. The van der Waals surface area contributed by atoms with Gasteiger partial charge >= 0.3 is 10.2 Å². The van der Waals surface area contributed by atoms with Gasteiger partial charge in [-0.3, -0.25) is 4.79 Å². The molecule has 0 saturated heterocycles. The van der Waals surface area contributed by atoms with Gasteiger partial charge in [0.1, 0.15) is 17.1 Å². The van der Waals surface area contributed by atoms with Gasteiger partial charge in [-0.2, -0.15) is 0 Å². The van der Waals surface area contributed by atoms with Crippen LogP contribution in [0.15, 0.2) is 69.2 Å². The van der Waals surface area contributed by atoms with Gasteiger partial charge in [-0.25, -0.2) is 4.79 Å². The van der Waals surface area contributed by atoms with E-state index in [1.165, 1.54) is 23.1 Å². The SMILES string of the molecule is COc1ccccc1/C=C1\Sc2scc(CC(=O)Nc3ccccc3)[n+]2C1=O. The zero-order valence-corrected chi connectivity index (χ0v) is 16.7. The third-order valence-electron chi connectivity index (χ3n) is 4.20. The van der Waals surface area contributed by atoms with E-state index >= 15 is 0 Å². The molecule has 0 aliphatic carbocycles. The minimum atomic E-state index is -0.153. The van der Waals surface area contributed by atoms with Gasteiger partial charge < -0.3 is 10.1 Å². The molecule has 0 fully saturated rings. The molecule has 0 atom stereocenters. The van der Waals surface area contributed by atoms with Gasteiger partial charge in [-0.05, 0) is 24.3 Å². The predicted octanol–water partition coefficient (Wildman–Crippen LogP) is 4.01. The van der Waals surface area contributed by atoms with E-state index in [-0.39, 0.29) is 18.2 Å². The van der Waals surface area contributed by atoms with Crippen LogP contribution in [0.1, 0.15) is 16.1 Å². The van der Waals surface area contributed by atoms with Crippen molar-refractivity contribution in [3.63, 3.8) is 0 Å². The topological polar surface area (TPSA) is 59.3 Å². The Balaban J connectivity index is 1.54. The summed E-state index contributed by atoms with van der Waals surface area (Å²) in [6.45, 7) is 0. The predicted molar refractivity (Wildman–Crippen MR) is 111 cm³/mol. The van der Waals surface area contributed by atoms with E-state index in [1.54, 1.807) is 11.7 Å². The van der Waals surface area contributed by atoms with Gasteiger partial charge in [0.05, 0.1) is 12.5 Å². The second-order valence-electron chi connectivity index (χ2n) is 6.08. The lowest BCUT2D eigenvalue weighted by atomic mass is 10.2. The highest BCUT2D eigenvalue weighted by Gasteiger charge is 2.40. The number of aromatic nitrogens is 1. The first kappa shape index (κ1) is 18.5. The fraction of sp³-hybridized carbons (Fsp3) is 0.0952. The molecule has 3 aromatic rings. The largest absolute Gasteiger partial charge is 0.496 e. The summed E-state index contributed by atoms with van der Waals surface area (Å²) in [6, 6.07) is 16.8. The van der Waals surface area contributed by atoms with Crippen molar-refractivity contribution in [2.75, 3.05) is 12.4 Å². The lowest BCUT2D eigenvalue weighted by Gasteiger charge is -2.03. The minimum absolute atomic E-state index is 0.116. The summed E-state index contributed by atoms with van der Waals surface area (Å²) >= 11 is 2.88. The van der Waals surface area contributed by atoms with Crippen LogP contribution < -0.4 is 14.6 Å². The number of rotatable bonds is 5. The molecule has 1 aliphatic heterocycles. The van der Waals surface area contributed by atoms with Crippen molar-refractivity contribution in [1.29, 1.82) is 0 Å². The van der Waals surface area contributed by atoms with Crippen LogP contribution in [0, 0.1) is 0 Å². The van der Waals surface area contributed by atoms with E-state index < -0.39 is 0 Å². The molecule has 0 saturated carbocycles. The average molecular weight is 410 g/mol. The van der Waals surface area contributed by atoms with E-state index in [0.717, 1.165) is 15.6 Å². The molecule has 0 bridgehead atoms. The maximum absolute atomic E-state index is 12.9. The first-order valence-corrected chi connectivity index (χ1v) is 10.3. The number of para-hydroxylation sites is 2. The Morgan fingerprint density at radius 1 is 1.14 bits per heavy atom. The molecule has 1 aliphatic rings. The second kappa shape index (κ2) is 8.00. The number of allylic oxidation sites excluding steroid dienone is 1. The first-order valence-electron chi connectivity index (χ1n) is 8.60. The standard InChI is InChI=1S/C21H16N2O3S2/c1-26-17-10-6-5-7-14(17)11-18-20(25)23-16(13-27-21(23)28-18)12-19(24)22-15-8-3-2-4-9-15/h2-11,13H,12H2,1H3/p+1/b18-11-. The molecule has 140 valence electrons. The monoisotopic (exact) mass is 409 g/mol. The van der Waals surface area contributed by atoms with Gasteiger partial charge in [-0.1, -0.05) is 47.7 Å². The summed E-state index contributed by atoms with van der Waals surface area (Å²) in [4.78, 5) is 25.9. The Bertz CT molecular complexity index is 1070. The van der Waals surface area contributed by atoms with Crippen LogP contribution in [0.3, 0.4) is 0 Å². The molecule has 4 rings (SSSR count). The molecule has 2 heterocycles. The third kappa shape index (κ3) is 3.72. The van der Waals surface area contributed by atoms with Crippen LogP contribution in [-0.2, 0) is 11.2 Å². The zero-order valence-electron chi connectivity index (χ0n) is 15.0. The van der Waals surface area contributed by atoms with Crippen molar-refractivity contribution in [2.45, 2.75) is 10.8 Å². The molecule has 0 radical (unpaired) electrons. The fourth-order valence-electron chi connectivity index (χ4n) is 2.90. The Morgan fingerprint density at radius 3 is 2.68 bits per heavy atom. The number of carbonyl (C=O) groups is 2. The summed E-state index contributed by atoms with van der Waals surface area (Å²) < 4.78 is 7.84. The Morgan fingerprint density at radius 2 is 1.89 bits per heavy atom. The smallest absolute Gasteiger partial charge is 0.433 e. The fourth-order valence-corrected chi connectivity index (χ4v) is 5.08. The van der Waals surface area contributed by atoms with Crippen molar-refractivity contribution in [1.82, 2.24) is 0 Å². The molecule has 1 amide bonds. The van der Waals surface area contributed by atoms with Crippen molar-refractivity contribution in [3.05, 3.63) is 76.1 Å². The Labute approximate surface area is 170 Å². The zero-order chi connectivity index (χ0) is 19.5. The molecule has 1 aromatic heterocycles. The molecule has 28 heavy (non-hydrogen) atoms.